The molecule has 0 aliphatic carbocycles. The van der Waals surface area contributed by atoms with Crippen molar-refractivity contribution in [3.8, 4) is 5.75 Å². The third kappa shape index (κ3) is 5.27. The van der Waals surface area contributed by atoms with E-state index in [0.29, 0.717) is 19.4 Å². The molecular formula is C18H31NO3. The number of hydrogen-bond acceptors (Lipinski definition) is 4. The monoisotopic (exact) mass is 309 g/mol. The summed E-state index contributed by atoms with van der Waals surface area (Å²) < 4.78 is 5.41. The number of nitrogens with two attached hydrogens (primary N) is 1. The molecule has 2 unspecified atom stereocenters. The van der Waals surface area contributed by atoms with Crippen molar-refractivity contribution in [2.75, 3.05) is 13.7 Å². The Hall–Kier alpha value is -1.10. The maximum absolute atomic E-state index is 10.6. The van der Waals surface area contributed by atoms with Crippen LogP contribution in [0.25, 0.3) is 0 Å². The molecule has 4 heteroatoms. The fraction of sp³-hybridized carbons (Fsp3) is 0.667. The summed E-state index contributed by atoms with van der Waals surface area (Å²) in [5, 5.41) is 20.7. The minimum Gasteiger partial charge on any atom is -0.496 e. The van der Waals surface area contributed by atoms with Gasteiger partial charge in [0.2, 0.25) is 0 Å². The lowest BCUT2D eigenvalue weighted by Gasteiger charge is -2.27. The molecule has 0 saturated carbocycles. The smallest absolute Gasteiger partial charge is 0.122 e. The first-order chi connectivity index (χ1) is 10.5. The normalized spacial score (nSPS) is 15.4. The van der Waals surface area contributed by atoms with Crippen LogP contribution in [0.1, 0.15) is 63.2 Å². The summed E-state index contributed by atoms with van der Waals surface area (Å²) in [7, 11) is 1.65. The van der Waals surface area contributed by atoms with Gasteiger partial charge in [-0.1, -0.05) is 26.3 Å². The van der Waals surface area contributed by atoms with Gasteiger partial charge in [-0.15, -0.1) is 0 Å². The summed E-state index contributed by atoms with van der Waals surface area (Å²) in [5.41, 5.74) is 6.78. The van der Waals surface area contributed by atoms with Gasteiger partial charge in [0, 0.05) is 0 Å². The van der Waals surface area contributed by atoms with Crippen LogP contribution in [0.3, 0.4) is 0 Å². The molecule has 0 fully saturated rings. The fourth-order valence-corrected chi connectivity index (χ4v) is 2.84. The molecule has 0 saturated heterocycles. The van der Waals surface area contributed by atoms with E-state index in [1.807, 2.05) is 25.1 Å². The Bertz CT molecular complexity index is 450. The first-order valence-corrected chi connectivity index (χ1v) is 8.27. The summed E-state index contributed by atoms with van der Waals surface area (Å²) in [6.07, 6.45) is 3.95. The molecule has 1 rings (SSSR count). The molecule has 1 aromatic rings. The molecule has 0 aromatic heterocycles. The van der Waals surface area contributed by atoms with E-state index < -0.39 is 11.7 Å². The van der Waals surface area contributed by atoms with Gasteiger partial charge in [-0.05, 0) is 61.9 Å². The van der Waals surface area contributed by atoms with Crippen molar-refractivity contribution in [2.24, 2.45) is 5.73 Å². The van der Waals surface area contributed by atoms with Crippen LogP contribution in [0.2, 0.25) is 0 Å². The van der Waals surface area contributed by atoms with E-state index in [1.165, 1.54) is 0 Å². The molecule has 126 valence electrons. The van der Waals surface area contributed by atoms with E-state index in [1.54, 1.807) is 7.11 Å². The van der Waals surface area contributed by atoms with Crippen molar-refractivity contribution in [1.29, 1.82) is 0 Å². The molecule has 0 aliphatic heterocycles. The van der Waals surface area contributed by atoms with Crippen molar-refractivity contribution in [1.82, 2.24) is 0 Å². The maximum atomic E-state index is 10.6. The lowest BCUT2D eigenvalue weighted by molar-refractivity contribution is 0.0184. The first-order valence-electron chi connectivity index (χ1n) is 8.27. The Balaban J connectivity index is 2.89. The first kappa shape index (κ1) is 18.9. The molecule has 0 heterocycles. The second kappa shape index (κ2) is 9.13. The quantitative estimate of drug-likeness (QED) is 0.621. The van der Waals surface area contributed by atoms with Gasteiger partial charge in [-0.3, -0.25) is 0 Å². The number of hydrogen-bond donors (Lipinski definition) is 3. The Kier molecular flexibility index (Phi) is 7.87. The predicted octanol–water partition coefficient (Wildman–Crippen LogP) is 2.95. The Morgan fingerprint density at radius 2 is 2.00 bits per heavy atom. The van der Waals surface area contributed by atoms with E-state index in [0.717, 1.165) is 42.6 Å². The second-order valence-electron chi connectivity index (χ2n) is 5.99. The lowest BCUT2D eigenvalue weighted by Crippen LogP contribution is -2.28. The van der Waals surface area contributed by atoms with E-state index in [9.17, 15) is 10.2 Å². The number of ether oxygens (including phenoxy) is 1. The minimum absolute atomic E-state index is 0.453. The molecule has 2 atom stereocenters. The Labute approximate surface area is 134 Å². The predicted molar refractivity (Wildman–Crippen MR) is 90.1 cm³/mol. The zero-order valence-corrected chi connectivity index (χ0v) is 14.1. The summed E-state index contributed by atoms with van der Waals surface area (Å²) >= 11 is 0. The highest BCUT2D eigenvalue weighted by molar-refractivity contribution is 5.38. The number of aliphatic hydroxyl groups excluding tert-OH is 1. The highest BCUT2D eigenvalue weighted by Crippen LogP contribution is 2.29. The molecule has 0 bridgehead atoms. The van der Waals surface area contributed by atoms with Crippen LogP contribution < -0.4 is 10.5 Å². The molecule has 1 aromatic carbocycles. The van der Waals surface area contributed by atoms with Crippen molar-refractivity contribution in [2.45, 2.75) is 64.1 Å². The van der Waals surface area contributed by atoms with Crippen molar-refractivity contribution < 1.29 is 14.9 Å². The maximum Gasteiger partial charge on any atom is 0.122 e. The molecule has 0 radical (unpaired) electrons. The summed E-state index contributed by atoms with van der Waals surface area (Å²) in [5.74, 6) is 0.804. The number of aliphatic hydroxyl groups is 2. The van der Waals surface area contributed by atoms with Gasteiger partial charge in [0.15, 0.2) is 0 Å². The van der Waals surface area contributed by atoms with E-state index in [4.69, 9.17) is 10.5 Å². The average Bonchev–Trinajstić information content (AvgIpc) is 2.53. The number of rotatable bonds is 10. The molecule has 4 nitrogen and oxygen atoms in total. The van der Waals surface area contributed by atoms with Gasteiger partial charge < -0.3 is 20.7 Å². The van der Waals surface area contributed by atoms with Crippen LogP contribution in [0, 0.1) is 0 Å². The number of methoxy groups -OCH3 is 1. The van der Waals surface area contributed by atoms with Gasteiger partial charge in [0.1, 0.15) is 5.75 Å². The van der Waals surface area contributed by atoms with Gasteiger partial charge in [-0.2, -0.15) is 0 Å². The van der Waals surface area contributed by atoms with Crippen LogP contribution in [0.15, 0.2) is 18.2 Å². The molecule has 0 amide bonds. The zero-order valence-electron chi connectivity index (χ0n) is 14.1. The molecule has 4 N–H and O–H groups in total. The van der Waals surface area contributed by atoms with Crippen LogP contribution in [-0.2, 0) is 6.42 Å². The largest absolute Gasteiger partial charge is 0.496 e. The summed E-state index contributed by atoms with van der Waals surface area (Å²) in [6, 6.07) is 5.73. The highest BCUT2D eigenvalue weighted by Gasteiger charge is 2.24. The second-order valence-corrected chi connectivity index (χ2v) is 5.99. The Morgan fingerprint density at radius 1 is 1.27 bits per heavy atom. The number of aryl methyl sites for hydroxylation is 1. The van der Waals surface area contributed by atoms with E-state index in [2.05, 4.69) is 6.92 Å². The van der Waals surface area contributed by atoms with Gasteiger partial charge in [0.25, 0.3) is 0 Å². The van der Waals surface area contributed by atoms with Crippen LogP contribution in [-0.4, -0.2) is 29.5 Å². The third-order valence-corrected chi connectivity index (χ3v) is 4.36. The van der Waals surface area contributed by atoms with Crippen LogP contribution >= 0.6 is 0 Å². The molecular weight excluding hydrogens is 278 g/mol. The standard InChI is InChI=1S/C18H31NO3/c1-4-10-18(21,5-2)11-8-15-13-14(16(20)9-12-19)6-7-17(15)22-3/h6-7,13,16,20-21H,4-5,8-12,19H2,1-3H3. The van der Waals surface area contributed by atoms with E-state index in [-0.39, 0.29) is 0 Å². The average molecular weight is 309 g/mol. The molecule has 22 heavy (non-hydrogen) atoms. The van der Waals surface area contributed by atoms with Crippen LogP contribution in [0.4, 0.5) is 0 Å². The fourth-order valence-electron chi connectivity index (χ4n) is 2.84. The van der Waals surface area contributed by atoms with Gasteiger partial charge >= 0.3 is 0 Å². The van der Waals surface area contributed by atoms with Crippen molar-refractivity contribution in [3.05, 3.63) is 29.3 Å². The highest BCUT2D eigenvalue weighted by atomic mass is 16.5. The lowest BCUT2D eigenvalue weighted by atomic mass is 9.87. The van der Waals surface area contributed by atoms with Gasteiger partial charge in [-0.25, -0.2) is 0 Å². The van der Waals surface area contributed by atoms with Crippen LogP contribution in [0.5, 0.6) is 5.75 Å². The van der Waals surface area contributed by atoms with Crippen molar-refractivity contribution in [3.63, 3.8) is 0 Å². The van der Waals surface area contributed by atoms with E-state index >= 15 is 0 Å². The third-order valence-electron chi connectivity index (χ3n) is 4.36. The SMILES string of the molecule is CCCC(O)(CC)CCc1cc(C(O)CCN)ccc1OC. The zero-order chi connectivity index (χ0) is 16.6. The molecule has 0 spiro atoms. The summed E-state index contributed by atoms with van der Waals surface area (Å²) in [6.45, 7) is 4.56. The van der Waals surface area contributed by atoms with Gasteiger partial charge in [0.05, 0.1) is 18.8 Å². The Morgan fingerprint density at radius 3 is 2.55 bits per heavy atom. The number of benzene rings is 1. The molecule has 0 aliphatic rings. The summed E-state index contributed by atoms with van der Waals surface area (Å²) in [4.78, 5) is 0. The minimum atomic E-state index is -0.619. The topological polar surface area (TPSA) is 75.7 Å². The van der Waals surface area contributed by atoms with Crippen molar-refractivity contribution >= 4 is 0 Å².